The molecular weight excluding hydrogens is 290 g/mol. The maximum absolute atomic E-state index is 12.0. The number of carbonyl (C=O) groups excluding carboxylic acids is 2. The standard InChI is InChI=1S/C18H17N3O2/c1-13(22)20-16-8-4-15(5-9-16)12-18(23)21-17-6-2-14(3-7-17)10-11-19/h2-9H,10,12H2,1H3,(H,20,22)(H,21,23). The third-order valence-electron chi connectivity index (χ3n) is 3.16. The molecule has 116 valence electrons. The van der Waals surface area contributed by atoms with E-state index in [-0.39, 0.29) is 18.2 Å². The summed E-state index contributed by atoms with van der Waals surface area (Å²) in [6, 6.07) is 16.4. The number of anilines is 2. The van der Waals surface area contributed by atoms with Gasteiger partial charge in [0.25, 0.3) is 0 Å². The van der Waals surface area contributed by atoms with Gasteiger partial charge >= 0.3 is 0 Å². The smallest absolute Gasteiger partial charge is 0.228 e. The molecule has 0 heterocycles. The quantitative estimate of drug-likeness (QED) is 0.891. The van der Waals surface area contributed by atoms with Crippen LogP contribution < -0.4 is 10.6 Å². The lowest BCUT2D eigenvalue weighted by Crippen LogP contribution is -2.14. The van der Waals surface area contributed by atoms with Gasteiger partial charge in [0, 0.05) is 18.3 Å². The molecule has 0 spiro atoms. The summed E-state index contributed by atoms with van der Waals surface area (Å²) in [4.78, 5) is 23.0. The van der Waals surface area contributed by atoms with Crippen LogP contribution in [0.1, 0.15) is 18.1 Å². The molecule has 5 nitrogen and oxygen atoms in total. The van der Waals surface area contributed by atoms with Crippen LogP contribution in [0.4, 0.5) is 11.4 Å². The molecule has 0 aromatic heterocycles. The number of rotatable bonds is 5. The Morgan fingerprint density at radius 2 is 1.43 bits per heavy atom. The van der Waals surface area contributed by atoms with E-state index < -0.39 is 0 Å². The summed E-state index contributed by atoms with van der Waals surface area (Å²) in [5.41, 5.74) is 3.18. The average molecular weight is 307 g/mol. The second-order valence-electron chi connectivity index (χ2n) is 5.13. The Balaban J connectivity index is 1.91. The molecule has 0 aliphatic carbocycles. The minimum absolute atomic E-state index is 0.120. The molecule has 23 heavy (non-hydrogen) atoms. The third kappa shape index (κ3) is 5.29. The largest absolute Gasteiger partial charge is 0.326 e. The fourth-order valence-corrected chi connectivity index (χ4v) is 2.10. The first kappa shape index (κ1) is 16.2. The van der Waals surface area contributed by atoms with Crippen molar-refractivity contribution in [3.05, 3.63) is 59.7 Å². The lowest BCUT2D eigenvalue weighted by Gasteiger charge is -2.07. The second kappa shape index (κ2) is 7.76. The molecule has 5 heteroatoms. The molecule has 2 rings (SSSR count). The lowest BCUT2D eigenvalue weighted by molar-refractivity contribution is -0.116. The van der Waals surface area contributed by atoms with Crippen molar-refractivity contribution in [1.29, 1.82) is 5.26 Å². The molecule has 0 aliphatic heterocycles. The number of hydrogen-bond donors (Lipinski definition) is 2. The summed E-state index contributed by atoms with van der Waals surface area (Å²) in [7, 11) is 0. The first-order valence-electron chi connectivity index (χ1n) is 7.19. The van der Waals surface area contributed by atoms with E-state index in [1.54, 1.807) is 36.4 Å². The molecule has 0 bridgehead atoms. The Morgan fingerprint density at radius 1 is 0.913 bits per heavy atom. The van der Waals surface area contributed by atoms with Gasteiger partial charge in [-0.15, -0.1) is 0 Å². The molecule has 0 unspecified atom stereocenters. The van der Waals surface area contributed by atoms with Crippen LogP contribution in [-0.4, -0.2) is 11.8 Å². The molecule has 2 aromatic carbocycles. The highest BCUT2D eigenvalue weighted by Crippen LogP contribution is 2.13. The van der Waals surface area contributed by atoms with Gasteiger partial charge < -0.3 is 10.6 Å². The molecule has 0 aliphatic rings. The number of nitrogens with zero attached hydrogens (tertiary/aromatic N) is 1. The van der Waals surface area contributed by atoms with Crippen molar-refractivity contribution in [1.82, 2.24) is 0 Å². The van der Waals surface area contributed by atoms with E-state index in [9.17, 15) is 9.59 Å². The fraction of sp³-hybridized carbons (Fsp3) is 0.167. The Bertz CT molecular complexity index is 728. The number of nitriles is 1. The van der Waals surface area contributed by atoms with Crippen molar-refractivity contribution in [2.24, 2.45) is 0 Å². The number of benzene rings is 2. The average Bonchev–Trinajstić information content (AvgIpc) is 2.51. The normalized spacial score (nSPS) is 9.74. The van der Waals surface area contributed by atoms with E-state index in [0.717, 1.165) is 11.1 Å². The number of amides is 2. The maximum atomic E-state index is 12.0. The fourth-order valence-electron chi connectivity index (χ4n) is 2.10. The second-order valence-corrected chi connectivity index (χ2v) is 5.13. The van der Waals surface area contributed by atoms with E-state index in [1.165, 1.54) is 6.92 Å². The van der Waals surface area contributed by atoms with Gasteiger partial charge in [-0.25, -0.2) is 0 Å². The molecule has 0 atom stereocenters. The highest BCUT2D eigenvalue weighted by Gasteiger charge is 2.05. The summed E-state index contributed by atoms with van der Waals surface area (Å²) in [5, 5.41) is 14.1. The van der Waals surface area contributed by atoms with Gasteiger partial charge in [0.2, 0.25) is 11.8 Å². The summed E-state index contributed by atoms with van der Waals surface area (Å²) >= 11 is 0. The van der Waals surface area contributed by atoms with Crippen LogP contribution in [0.5, 0.6) is 0 Å². The highest BCUT2D eigenvalue weighted by atomic mass is 16.2. The van der Waals surface area contributed by atoms with Gasteiger partial charge in [-0.1, -0.05) is 24.3 Å². The van der Waals surface area contributed by atoms with E-state index >= 15 is 0 Å². The monoisotopic (exact) mass is 307 g/mol. The molecule has 2 amide bonds. The van der Waals surface area contributed by atoms with Crippen molar-refractivity contribution in [3.8, 4) is 6.07 Å². The van der Waals surface area contributed by atoms with Crippen LogP contribution in [0.15, 0.2) is 48.5 Å². The Labute approximate surface area is 134 Å². The van der Waals surface area contributed by atoms with Crippen LogP contribution in [0, 0.1) is 11.3 Å². The predicted molar refractivity (Wildman–Crippen MR) is 88.8 cm³/mol. The van der Waals surface area contributed by atoms with Crippen molar-refractivity contribution in [2.75, 3.05) is 10.6 Å². The number of carbonyl (C=O) groups is 2. The summed E-state index contributed by atoms with van der Waals surface area (Å²) in [5.74, 6) is -0.249. The van der Waals surface area contributed by atoms with Crippen LogP contribution in [0.3, 0.4) is 0 Å². The van der Waals surface area contributed by atoms with Gasteiger partial charge in [0.15, 0.2) is 0 Å². The molecule has 2 N–H and O–H groups in total. The summed E-state index contributed by atoms with van der Waals surface area (Å²) in [6.45, 7) is 1.45. The zero-order chi connectivity index (χ0) is 16.7. The lowest BCUT2D eigenvalue weighted by atomic mass is 10.1. The van der Waals surface area contributed by atoms with Gasteiger partial charge in [0.1, 0.15) is 0 Å². The third-order valence-corrected chi connectivity index (χ3v) is 3.16. The van der Waals surface area contributed by atoms with E-state index in [0.29, 0.717) is 17.8 Å². The molecule has 0 fully saturated rings. The molecule has 0 radical (unpaired) electrons. The zero-order valence-corrected chi connectivity index (χ0v) is 12.8. The van der Waals surface area contributed by atoms with Gasteiger partial charge in [0.05, 0.1) is 18.9 Å². The van der Waals surface area contributed by atoms with Crippen molar-refractivity contribution < 1.29 is 9.59 Å². The minimum Gasteiger partial charge on any atom is -0.326 e. The van der Waals surface area contributed by atoms with E-state index in [2.05, 4.69) is 16.7 Å². The van der Waals surface area contributed by atoms with Gasteiger partial charge in [-0.05, 0) is 35.4 Å². The summed E-state index contributed by atoms with van der Waals surface area (Å²) < 4.78 is 0. The van der Waals surface area contributed by atoms with Crippen molar-refractivity contribution >= 4 is 23.2 Å². The molecular formula is C18H17N3O2. The Kier molecular flexibility index (Phi) is 5.48. The van der Waals surface area contributed by atoms with Crippen molar-refractivity contribution in [3.63, 3.8) is 0 Å². The molecule has 2 aromatic rings. The number of nitrogens with one attached hydrogen (secondary N) is 2. The topological polar surface area (TPSA) is 82.0 Å². The zero-order valence-electron chi connectivity index (χ0n) is 12.8. The van der Waals surface area contributed by atoms with Crippen molar-refractivity contribution in [2.45, 2.75) is 19.8 Å². The van der Waals surface area contributed by atoms with Crippen LogP contribution in [0.2, 0.25) is 0 Å². The van der Waals surface area contributed by atoms with Crippen LogP contribution >= 0.6 is 0 Å². The first-order valence-corrected chi connectivity index (χ1v) is 7.19. The SMILES string of the molecule is CC(=O)Nc1ccc(CC(=O)Nc2ccc(CC#N)cc2)cc1. The van der Waals surface area contributed by atoms with Crippen LogP contribution in [0.25, 0.3) is 0 Å². The Hall–Kier alpha value is -3.13. The molecule has 0 saturated heterocycles. The maximum Gasteiger partial charge on any atom is 0.228 e. The minimum atomic E-state index is -0.129. The predicted octanol–water partition coefficient (Wildman–Crippen LogP) is 2.89. The van der Waals surface area contributed by atoms with Crippen LogP contribution in [-0.2, 0) is 22.4 Å². The van der Waals surface area contributed by atoms with E-state index in [4.69, 9.17) is 5.26 Å². The number of hydrogen-bond acceptors (Lipinski definition) is 3. The highest BCUT2D eigenvalue weighted by molar-refractivity contribution is 5.92. The van der Waals surface area contributed by atoms with E-state index in [1.807, 2.05) is 12.1 Å². The summed E-state index contributed by atoms with van der Waals surface area (Å²) in [6.07, 6.45) is 0.606. The molecule has 0 saturated carbocycles. The first-order chi connectivity index (χ1) is 11.1. The van der Waals surface area contributed by atoms with Gasteiger partial charge in [-0.3, -0.25) is 9.59 Å². The Morgan fingerprint density at radius 3 is 1.96 bits per heavy atom. The van der Waals surface area contributed by atoms with Gasteiger partial charge in [-0.2, -0.15) is 5.26 Å².